The fourth-order valence-electron chi connectivity index (χ4n) is 1.23. The molecule has 1 aromatic rings. The summed E-state index contributed by atoms with van der Waals surface area (Å²) in [5.41, 5.74) is 6.57. The van der Waals surface area contributed by atoms with Crippen LogP contribution in [0.1, 0.15) is 18.9 Å². The summed E-state index contributed by atoms with van der Waals surface area (Å²) in [5, 5.41) is 2.49. The Hall–Kier alpha value is -1.42. The van der Waals surface area contributed by atoms with Crippen molar-refractivity contribution in [2.75, 3.05) is 5.32 Å². The minimum absolute atomic E-state index is 0.188. The number of amides is 1. The fraction of sp³-hybridized carbons (Fsp3) is 0.364. The van der Waals surface area contributed by atoms with Crippen LogP contribution in [-0.2, 0) is 4.79 Å². The quantitative estimate of drug-likeness (QED) is 0.799. The number of carbonyl (C=O) groups excluding carboxylic acids is 1. The fourth-order valence-corrected chi connectivity index (χ4v) is 1.23. The first-order valence-electron chi connectivity index (χ1n) is 4.80. The Morgan fingerprint density at radius 3 is 2.87 bits per heavy atom. The highest BCUT2D eigenvalue weighted by atomic mass is 19.1. The maximum absolute atomic E-state index is 13.2. The molecule has 1 rings (SSSR count). The smallest absolute Gasteiger partial charge is 0.225 e. The Morgan fingerprint density at radius 1 is 1.60 bits per heavy atom. The maximum Gasteiger partial charge on any atom is 0.225 e. The molecule has 0 aliphatic carbocycles. The molecule has 0 aliphatic heterocycles. The number of nitrogens with two attached hydrogens (primary N) is 1. The van der Waals surface area contributed by atoms with Crippen LogP contribution >= 0.6 is 0 Å². The molecular formula is C11H15FN2O. The van der Waals surface area contributed by atoms with Crippen molar-refractivity contribution in [3.05, 3.63) is 29.6 Å². The van der Waals surface area contributed by atoms with Crippen molar-refractivity contribution in [3.8, 4) is 0 Å². The van der Waals surface area contributed by atoms with E-state index < -0.39 is 5.82 Å². The van der Waals surface area contributed by atoms with Gasteiger partial charge < -0.3 is 11.1 Å². The summed E-state index contributed by atoms with van der Waals surface area (Å²) in [7, 11) is 0. The second-order valence-corrected chi connectivity index (χ2v) is 3.71. The molecule has 0 bridgehead atoms. The van der Waals surface area contributed by atoms with E-state index in [2.05, 4.69) is 5.32 Å². The standard InChI is InChI=1S/C11H15FN2O/c1-7-3-4-9(12)10(5-7)14-11(15)6-8(2)13/h3-5,8H,6,13H2,1-2H3,(H,14,15). The lowest BCUT2D eigenvalue weighted by atomic mass is 10.2. The van der Waals surface area contributed by atoms with Crippen molar-refractivity contribution in [1.82, 2.24) is 0 Å². The van der Waals surface area contributed by atoms with Gasteiger partial charge in [0.2, 0.25) is 5.91 Å². The summed E-state index contributed by atoms with van der Waals surface area (Å²) in [6.45, 7) is 3.56. The number of rotatable bonds is 3. The van der Waals surface area contributed by atoms with Crippen molar-refractivity contribution in [2.24, 2.45) is 5.73 Å². The molecule has 3 N–H and O–H groups in total. The van der Waals surface area contributed by atoms with Gasteiger partial charge in [-0.25, -0.2) is 4.39 Å². The van der Waals surface area contributed by atoms with E-state index >= 15 is 0 Å². The molecule has 15 heavy (non-hydrogen) atoms. The Labute approximate surface area is 88.5 Å². The summed E-state index contributed by atoms with van der Waals surface area (Å²) in [5.74, 6) is -0.701. The number of benzene rings is 1. The maximum atomic E-state index is 13.2. The van der Waals surface area contributed by atoms with Gasteiger partial charge in [-0.05, 0) is 31.5 Å². The summed E-state index contributed by atoms with van der Waals surface area (Å²) in [4.78, 5) is 11.3. The molecule has 0 fully saturated rings. The van der Waals surface area contributed by atoms with Crippen LogP contribution in [0.25, 0.3) is 0 Å². The number of anilines is 1. The second kappa shape index (κ2) is 4.89. The van der Waals surface area contributed by atoms with Crippen molar-refractivity contribution < 1.29 is 9.18 Å². The number of carbonyl (C=O) groups is 1. The summed E-state index contributed by atoms with van der Waals surface area (Å²) >= 11 is 0. The van der Waals surface area contributed by atoms with E-state index in [1.807, 2.05) is 6.92 Å². The van der Waals surface area contributed by atoms with Crippen molar-refractivity contribution >= 4 is 11.6 Å². The molecule has 1 amide bonds. The number of halogens is 1. The van der Waals surface area contributed by atoms with Gasteiger partial charge in [0.05, 0.1) is 5.69 Å². The highest BCUT2D eigenvalue weighted by molar-refractivity contribution is 5.91. The molecule has 0 aromatic heterocycles. The average Bonchev–Trinajstić information content (AvgIpc) is 2.10. The lowest BCUT2D eigenvalue weighted by Crippen LogP contribution is -2.24. The van der Waals surface area contributed by atoms with E-state index in [0.717, 1.165) is 5.56 Å². The molecule has 1 aromatic carbocycles. The van der Waals surface area contributed by atoms with Crippen LogP contribution < -0.4 is 11.1 Å². The third kappa shape index (κ3) is 3.67. The first-order valence-corrected chi connectivity index (χ1v) is 4.80. The monoisotopic (exact) mass is 210 g/mol. The van der Waals surface area contributed by atoms with Gasteiger partial charge in [-0.3, -0.25) is 4.79 Å². The van der Waals surface area contributed by atoms with Gasteiger partial charge in [0.25, 0.3) is 0 Å². The Kier molecular flexibility index (Phi) is 3.80. The lowest BCUT2D eigenvalue weighted by molar-refractivity contribution is -0.116. The molecule has 0 spiro atoms. The topological polar surface area (TPSA) is 55.1 Å². The van der Waals surface area contributed by atoms with Crippen LogP contribution in [0.4, 0.5) is 10.1 Å². The zero-order valence-electron chi connectivity index (χ0n) is 8.88. The number of nitrogens with one attached hydrogen (secondary N) is 1. The third-order valence-electron chi connectivity index (χ3n) is 1.90. The predicted octanol–water partition coefficient (Wildman–Crippen LogP) is 1.81. The molecule has 0 aliphatic rings. The predicted molar refractivity (Wildman–Crippen MR) is 58.0 cm³/mol. The first-order chi connectivity index (χ1) is 6.99. The molecule has 0 radical (unpaired) electrons. The van der Waals surface area contributed by atoms with E-state index in [0.29, 0.717) is 0 Å². The minimum Gasteiger partial charge on any atom is -0.327 e. The van der Waals surface area contributed by atoms with Crippen molar-refractivity contribution in [2.45, 2.75) is 26.3 Å². The third-order valence-corrected chi connectivity index (χ3v) is 1.90. The zero-order valence-corrected chi connectivity index (χ0v) is 8.88. The molecule has 1 unspecified atom stereocenters. The molecule has 3 nitrogen and oxygen atoms in total. The SMILES string of the molecule is Cc1ccc(F)c(NC(=O)CC(C)N)c1. The van der Waals surface area contributed by atoms with Crippen molar-refractivity contribution in [1.29, 1.82) is 0 Å². The second-order valence-electron chi connectivity index (χ2n) is 3.71. The number of hydrogen-bond acceptors (Lipinski definition) is 2. The highest BCUT2D eigenvalue weighted by Crippen LogP contribution is 2.15. The normalized spacial score (nSPS) is 12.3. The van der Waals surface area contributed by atoms with Crippen LogP contribution in [0.15, 0.2) is 18.2 Å². The van der Waals surface area contributed by atoms with E-state index in [4.69, 9.17) is 5.73 Å². The molecule has 0 saturated carbocycles. The molecule has 0 heterocycles. The van der Waals surface area contributed by atoms with Crippen LogP contribution in [0.2, 0.25) is 0 Å². The summed E-state index contributed by atoms with van der Waals surface area (Å²) in [6, 6.07) is 4.35. The lowest BCUT2D eigenvalue weighted by Gasteiger charge is -2.08. The largest absolute Gasteiger partial charge is 0.327 e. The molecule has 82 valence electrons. The van der Waals surface area contributed by atoms with Crippen LogP contribution in [0.3, 0.4) is 0 Å². The Morgan fingerprint density at radius 2 is 2.27 bits per heavy atom. The van der Waals surface area contributed by atoms with Gasteiger partial charge in [-0.1, -0.05) is 6.07 Å². The molecule has 0 saturated heterocycles. The van der Waals surface area contributed by atoms with Gasteiger partial charge in [-0.2, -0.15) is 0 Å². The van der Waals surface area contributed by atoms with E-state index in [1.54, 1.807) is 19.1 Å². The Bertz CT molecular complexity index is 364. The van der Waals surface area contributed by atoms with Gasteiger partial charge in [-0.15, -0.1) is 0 Å². The summed E-state index contributed by atoms with van der Waals surface area (Å²) in [6.07, 6.45) is 0.188. The van der Waals surface area contributed by atoms with Gasteiger partial charge in [0.1, 0.15) is 5.82 Å². The van der Waals surface area contributed by atoms with Crippen molar-refractivity contribution in [3.63, 3.8) is 0 Å². The van der Waals surface area contributed by atoms with Crippen LogP contribution in [-0.4, -0.2) is 11.9 Å². The van der Waals surface area contributed by atoms with Gasteiger partial charge >= 0.3 is 0 Å². The highest BCUT2D eigenvalue weighted by Gasteiger charge is 2.08. The average molecular weight is 210 g/mol. The van der Waals surface area contributed by atoms with E-state index in [-0.39, 0.29) is 24.1 Å². The van der Waals surface area contributed by atoms with Crippen LogP contribution in [0.5, 0.6) is 0 Å². The van der Waals surface area contributed by atoms with Crippen LogP contribution in [0, 0.1) is 12.7 Å². The number of aryl methyl sites for hydroxylation is 1. The molecule has 4 heteroatoms. The number of hydrogen-bond donors (Lipinski definition) is 2. The zero-order chi connectivity index (χ0) is 11.4. The molecule has 1 atom stereocenters. The van der Waals surface area contributed by atoms with E-state index in [1.165, 1.54) is 6.07 Å². The minimum atomic E-state index is -0.432. The van der Waals surface area contributed by atoms with Gasteiger partial charge in [0.15, 0.2) is 0 Å². The molecular weight excluding hydrogens is 195 g/mol. The van der Waals surface area contributed by atoms with Gasteiger partial charge in [0, 0.05) is 12.5 Å². The van der Waals surface area contributed by atoms with E-state index in [9.17, 15) is 9.18 Å². The Balaban J connectivity index is 2.71. The summed E-state index contributed by atoms with van der Waals surface area (Å²) < 4.78 is 13.2. The first kappa shape index (κ1) is 11.7.